The number of carbonyl (C=O) groups excluding carboxylic acids is 1. The van der Waals surface area contributed by atoms with Crippen LogP contribution in [0.15, 0.2) is 12.4 Å². The van der Waals surface area contributed by atoms with Gasteiger partial charge in [0.1, 0.15) is 12.6 Å². The Kier molecular flexibility index (Phi) is 3.36. The molecule has 0 aliphatic carbocycles. The van der Waals surface area contributed by atoms with Crippen LogP contribution in [0, 0.1) is 0 Å². The summed E-state index contributed by atoms with van der Waals surface area (Å²) in [5.41, 5.74) is 0. The molecular formula is C10H14N4O3. The largest absolute Gasteiger partial charge is 0.480 e. The Morgan fingerprint density at radius 3 is 2.88 bits per heavy atom. The summed E-state index contributed by atoms with van der Waals surface area (Å²) in [5.74, 6) is -1.15. The van der Waals surface area contributed by atoms with Crippen LogP contribution >= 0.6 is 0 Å². The Morgan fingerprint density at radius 1 is 1.41 bits per heavy atom. The maximum Gasteiger partial charge on any atom is 0.326 e. The van der Waals surface area contributed by atoms with Gasteiger partial charge in [-0.05, 0) is 19.3 Å². The first-order valence-corrected chi connectivity index (χ1v) is 5.55. The first kappa shape index (κ1) is 11.6. The molecule has 1 aliphatic rings. The topological polar surface area (TPSA) is 88.3 Å². The molecule has 0 unspecified atom stereocenters. The lowest BCUT2D eigenvalue weighted by Crippen LogP contribution is -2.49. The van der Waals surface area contributed by atoms with E-state index in [4.69, 9.17) is 5.11 Å². The van der Waals surface area contributed by atoms with Crippen molar-refractivity contribution in [3.8, 4) is 0 Å². The Bertz CT molecular complexity index is 404. The highest BCUT2D eigenvalue weighted by atomic mass is 16.4. The number of carboxylic acid groups (broad SMARTS) is 1. The van der Waals surface area contributed by atoms with E-state index in [1.54, 1.807) is 6.20 Å². The molecule has 1 aromatic heterocycles. The van der Waals surface area contributed by atoms with Gasteiger partial charge in [-0.1, -0.05) is 5.21 Å². The lowest BCUT2D eigenvalue weighted by Gasteiger charge is -2.32. The Morgan fingerprint density at radius 2 is 2.24 bits per heavy atom. The normalized spacial score (nSPS) is 20.2. The third-order valence-corrected chi connectivity index (χ3v) is 2.88. The summed E-state index contributed by atoms with van der Waals surface area (Å²) in [7, 11) is 0. The van der Waals surface area contributed by atoms with Crippen molar-refractivity contribution in [2.45, 2.75) is 31.8 Å². The number of carboxylic acids is 1. The molecule has 1 aromatic rings. The molecular weight excluding hydrogens is 224 g/mol. The molecule has 1 amide bonds. The monoisotopic (exact) mass is 238 g/mol. The zero-order chi connectivity index (χ0) is 12.3. The van der Waals surface area contributed by atoms with E-state index in [0.717, 1.165) is 12.8 Å². The number of nitrogens with zero attached hydrogens (tertiary/aromatic N) is 4. The minimum atomic E-state index is -0.934. The van der Waals surface area contributed by atoms with Crippen molar-refractivity contribution in [3.63, 3.8) is 0 Å². The van der Waals surface area contributed by atoms with E-state index in [1.807, 2.05) is 0 Å². The third-order valence-electron chi connectivity index (χ3n) is 2.88. The van der Waals surface area contributed by atoms with E-state index in [1.165, 1.54) is 15.8 Å². The fourth-order valence-electron chi connectivity index (χ4n) is 2.03. The molecule has 0 aromatic carbocycles. The predicted molar refractivity (Wildman–Crippen MR) is 57.0 cm³/mol. The van der Waals surface area contributed by atoms with Crippen molar-refractivity contribution in [1.29, 1.82) is 0 Å². The number of piperidine rings is 1. The average molecular weight is 238 g/mol. The number of carbonyl (C=O) groups is 2. The molecule has 0 radical (unpaired) electrons. The number of hydrogen-bond donors (Lipinski definition) is 1. The molecule has 1 atom stereocenters. The molecule has 0 spiro atoms. The van der Waals surface area contributed by atoms with E-state index in [9.17, 15) is 9.59 Å². The highest BCUT2D eigenvalue weighted by molar-refractivity contribution is 5.83. The van der Waals surface area contributed by atoms with Gasteiger partial charge in [0, 0.05) is 12.7 Å². The summed E-state index contributed by atoms with van der Waals surface area (Å²) < 4.78 is 1.40. The minimum Gasteiger partial charge on any atom is -0.480 e. The van der Waals surface area contributed by atoms with Gasteiger partial charge in [-0.15, -0.1) is 5.10 Å². The van der Waals surface area contributed by atoms with Crippen LogP contribution in [0.5, 0.6) is 0 Å². The lowest BCUT2D eigenvalue weighted by atomic mass is 10.0. The van der Waals surface area contributed by atoms with Crippen LogP contribution in [0.1, 0.15) is 19.3 Å². The van der Waals surface area contributed by atoms with Gasteiger partial charge >= 0.3 is 5.97 Å². The number of aromatic nitrogens is 3. The SMILES string of the molecule is O=C(O)[C@H]1CCCCN1C(=O)Cn1ccnn1. The highest BCUT2D eigenvalue weighted by Gasteiger charge is 2.31. The van der Waals surface area contributed by atoms with Gasteiger partial charge in [0.05, 0.1) is 6.20 Å². The summed E-state index contributed by atoms with van der Waals surface area (Å²) >= 11 is 0. The molecule has 2 rings (SSSR count). The van der Waals surface area contributed by atoms with Crippen LogP contribution in [-0.2, 0) is 16.1 Å². The molecule has 7 nitrogen and oxygen atoms in total. The van der Waals surface area contributed by atoms with Gasteiger partial charge in [0.25, 0.3) is 0 Å². The van der Waals surface area contributed by atoms with Gasteiger partial charge in [0.2, 0.25) is 5.91 Å². The lowest BCUT2D eigenvalue weighted by molar-refractivity contribution is -0.152. The van der Waals surface area contributed by atoms with Gasteiger partial charge in [0.15, 0.2) is 0 Å². The van der Waals surface area contributed by atoms with Crippen molar-refractivity contribution in [1.82, 2.24) is 19.9 Å². The second-order valence-electron chi connectivity index (χ2n) is 4.04. The van der Waals surface area contributed by atoms with Crippen molar-refractivity contribution in [2.75, 3.05) is 6.54 Å². The van der Waals surface area contributed by atoms with Crippen molar-refractivity contribution >= 4 is 11.9 Å². The van der Waals surface area contributed by atoms with Crippen LogP contribution < -0.4 is 0 Å². The molecule has 0 saturated carbocycles. The minimum absolute atomic E-state index is 0.0454. The number of likely N-dealkylation sites (tertiary alicyclic amines) is 1. The number of rotatable bonds is 3. The quantitative estimate of drug-likeness (QED) is 0.784. The van der Waals surface area contributed by atoms with Crippen LogP contribution in [-0.4, -0.2) is 49.5 Å². The van der Waals surface area contributed by atoms with Gasteiger partial charge < -0.3 is 10.0 Å². The summed E-state index contributed by atoms with van der Waals surface area (Å²) in [6.45, 7) is 0.550. The highest BCUT2D eigenvalue weighted by Crippen LogP contribution is 2.17. The zero-order valence-corrected chi connectivity index (χ0v) is 9.32. The Labute approximate surface area is 98.0 Å². The second-order valence-corrected chi connectivity index (χ2v) is 4.04. The van der Waals surface area contributed by atoms with E-state index in [0.29, 0.717) is 13.0 Å². The third kappa shape index (κ3) is 2.61. The van der Waals surface area contributed by atoms with Crippen LogP contribution in [0.4, 0.5) is 0 Å². The summed E-state index contributed by atoms with van der Waals surface area (Å²) in [5, 5.41) is 16.3. The molecule has 7 heteroatoms. The second kappa shape index (κ2) is 4.94. The first-order valence-electron chi connectivity index (χ1n) is 5.55. The van der Waals surface area contributed by atoms with E-state index < -0.39 is 12.0 Å². The molecule has 1 aliphatic heterocycles. The molecule has 0 bridgehead atoms. The van der Waals surface area contributed by atoms with E-state index in [2.05, 4.69) is 10.3 Å². The molecule has 1 N–H and O–H groups in total. The maximum atomic E-state index is 12.0. The molecule has 17 heavy (non-hydrogen) atoms. The number of amides is 1. The summed E-state index contributed by atoms with van der Waals surface area (Å²) in [4.78, 5) is 24.4. The summed E-state index contributed by atoms with van der Waals surface area (Å²) in [6.07, 6.45) is 5.30. The number of hydrogen-bond acceptors (Lipinski definition) is 4. The van der Waals surface area contributed by atoms with Crippen LogP contribution in [0.25, 0.3) is 0 Å². The van der Waals surface area contributed by atoms with Gasteiger partial charge in [-0.25, -0.2) is 9.48 Å². The average Bonchev–Trinajstić information content (AvgIpc) is 2.81. The van der Waals surface area contributed by atoms with Crippen molar-refractivity contribution < 1.29 is 14.7 Å². The molecule has 92 valence electrons. The Hall–Kier alpha value is -1.92. The van der Waals surface area contributed by atoms with Crippen molar-refractivity contribution in [3.05, 3.63) is 12.4 Å². The van der Waals surface area contributed by atoms with Gasteiger partial charge in [-0.3, -0.25) is 4.79 Å². The zero-order valence-electron chi connectivity index (χ0n) is 9.32. The van der Waals surface area contributed by atoms with Gasteiger partial charge in [-0.2, -0.15) is 0 Å². The molecule has 1 fully saturated rings. The Balaban J connectivity index is 2.03. The number of aliphatic carboxylic acids is 1. The maximum absolute atomic E-state index is 12.0. The predicted octanol–water partition coefficient (Wildman–Crippen LogP) is -0.256. The van der Waals surface area contributed by atoms with E-state index in [-0.39, 0.29) is 12.5 Å². The standard InChI is InChI=1S/C10H14N4O3/c15-9(7-13-6-4-11-12-13)14-5-2-1-3-8(14)10(16)17/h4,6,8H,1-3,5,7H2,(H,16,17)/t8-/m1/s1. The van der Waals surface area contributed by atoms with E-state index >= 15 is 0 Å². The molecule has 2 heterocycles. The fraction of sp³-hybridized carbons (Fsp3) is 0.600. The van der Waals surface area contributed by atoms with Crippen LogP contribution in [0.3, 0.4) is 0 Å². The van der Waals surface area contributed by atoms with Crippen LogP contribution in [0.2, 0.25) is 0 Å². The summed E-state index contributed by atoms with van der Waals surface area (Å²) in [6, 6.07) is -0.695. The smallest absolute Gasteiger partial charge is 0.326 e. The fourth-order valence-corrected chi connectivity index (χ4v) is 2.03. The van der Waals surface area contributed by atoms with Crippen molar-refractivity contribution in [2.24, 2.45) is 0 Å². The first-order chi connectivity index (χ1) is 8.18. The molecule has 1 saturated heterocycles.